The van der Waals surface area contributed by atoms with Crippen LogP contribution in [-0.2, 0) is 26.5 Å². The van der Waals surface area contributed by atoms with Crippen LogP contribution in [0.4, 0.5) is 11.4 Å². The largest absolute Gasteiger partial charge is 0.495 e. The summed E-state index contributed by atoms with van der Waals surface area (Å²) in [4.78, 5) is 0.273. The number of ether oxygens (including phenoxy) is 1. The fourth-order valence-electron chi connectivity index (χ4n) is 3.80. The van der Waals surface area contributed by atoms with E-state index in [1.807, 2.05) is 0 Å². The smallest absolute Gasteiger partial charge is 0.265 e. The number of nitrogens with one attached hydrogen (secondary N) is 1. The molecule has 168 valence electrons. The summed E-state index contributed by atoms with van der Waals surface area (Å²) in [5.41, 5.74) is 2.49. The van der Waals surface area contributed by atoms with Crippen LogP contribution in [0.5, 0.6) is 5.75 Å². The molecule has 0 fully saturated rings. The molecule has 4 rings (SSSR count). The number of rotatable bonds is 6. The minimum Gasteiger partial charge on any atom is -0.495 e. The summed E-state index contributed by atoms with van der Waals surface area (Å²) in [6.07, 6.45) is 1.29. The lowest BCUT2D eigenvalue weighted by Crippen LogP contribution is -2.35. The third-order valence-electron chi connectivity index (χ3n) is 5.35. The molecule has 1 heterocycles. The van der Waals surface area contributed by atoms with Gasteiger partial charge in [0.2, 0.25) is 0 Å². The van der Waals surface area contributed by atoms with E-state index in [2.05, 4.69) is 4.72 Å². The molecule has 0 aromatic heterocycles. The Balaban J connectivity index is 1.67. The van der Waals surface area contributed by atoms with E-state index in [4.69, 9.17) is 4.74 Å². The first-order valence-electron chi connectivity index (χ1n) is 10.1. The van der Waals surface area contributed by atoms with Gasteiger partial charge < -0.3 is 4.74 Å². The molecular formula is C23H24N2O5S2. The van der Waals surface area contributed by atoms with Gasteiger partial charge in [0.1, 0.15) is 10.6 Å². The summed E-state index contributed by atoms with van der Waals surface area (Å²) in [7, 11) is -6.18. The van der Waals surface area contributed by atoms with Crippen LogP contribution in [0, 0.1) is 6.92 Å². The van der Waals surface area contributed by atoms with Crippen molar-refractivity contribution in [1.82, 2.24) is 0 Å². The molecule has 7 nitrogen and oxygen atoms in total. The number of hydrogen-bond acceptors (Lipinski definition) is 5. The highest BCUT2D eigenvalue weighted by Gasteiger charge is 2.29. The molecule has 9 heteroatoms. The molecule has 0 amide bonds. The zero-order valence-electron chi connectivity index (χ0n) is 17.8. The van der Waals surface area contributed by atoms with Gasteiger partial charge in [0, 0.05) is 12.2 Å². The number of nitrogens with zero attached hydrogens (tertiary/aromatic N) is 1. The van der Waals surface area contributed by atoms with Crippen LogP contribution in [0.2, 0.25) is 0 Å². The second-order valence-electron chi connectivity index (χ2n) is 7.60. The van der Waals surface area contributed by atoms with Crippen LogP contribution in [-0.4, -0.2) is 30.5 Å². The summed E-state index contributed by atoms with van der Waals surface area (Å²) in [5.74, 6) is 0.251. The molecule has 0 unspecified atom stereocenters. The van der Waals surface area contributed by atoms with Gasteiger partial charge in [-0.2, -0.15) is 0 Å². The first kappa shape index (κ1) is 22.2. The lowest BCUT2D eigenvalue weighted by molar-refractivity contribution is 0.402. The Hall–Kier alpha value is -3.04. The van der Waals surface area contributed by atoms with Crippen molar-refractivity contribution >= 4 is 31.4 Å². The van der Waals surface area contributed by atoms with Crippen LogP contribution in [0.25, 0.3) is 0 Å². The molecule has 0 aliphatic carbocycles. The van der Waals surface area contributed by atoms with Crippen molar-refractivity contribution in [2.45, 2.75) is 29.6 Å². The molecule has 1 N–H and O–H groups in total. The molecular weight excluding hydrogens is 448 g/mol. The monoisotopic (exact) mass is 472 g/mol. The SMILES string of the molecule is COc1ccc(C)cc1S(=O)(=O)Nc1ccc2c(c1)CCCN2S(=O)(=O)c1ccccc1. The second-order valence-corrected chi connectivity index (χ2v) is 11.1. The van der Waals surface area contributed by atoms with Crippen LogP contribution in [0.15, 0.2) is 76.5 Å². The lowest BCUT2D eigenvalue weighted by atomic mass is 10.0. The van der Waals surface area contributed by atoms with Gasteiger partial charge in [-0.3, -0.25) is 9.03 Å². The van der Waals surface area contributed by atoms with E-state index in [1.165, 1.54) is 11.4 Å². The summed E-state index contributed by atoms with van der Waals surface area (Å²) in [6.45, 7) is 2.18. The average molecular weight is 473 g/mol. The van der Waals surface area contributed by atoms with Gasteiger partial charge in [-0.05, 0) is 73.4 Å². The molecule has 1 aliphatic rings. The van der Waals surface area contributed by atoms with E-state index in [9.17, 15) is 16.8 Å². The fourth-order valence-corrected chi connectivity index (χ4v) is 6.67. The number of anilines is 2. The molecule has 0 bridgehead atoms. The number of benzene rings is 3. The maximum Gasteiger partial charge on any atom is 0.265 e. The minimum atomic E-state index is -3.90. The van der Waals surface area contributed by atoms with E-state index in [1.54, 1.807) is 73.7 Å². The molecule has 3 aromatic carbocycles. The van der Waals surface area contributed by atoms with Crippen LogP contribution in [0.1, 0.15) is 17.5 Å². The number of methoxy groups -OCH3 is 1. The molecule has 3 aromatic rings. The van der Waals surface area contributed by atoms with Crippen molar-refractivity contribution in [2.75, 3.05) is 22.7 Å². The third-order valence-corrected chi connectivity index (χ3v) is 8.58. The van der Waals surface area contributed by atoms with E-state index < -0.39 is 20.0 Å². The van der Waals surface area contributed by atoms with Crippen LogP contribution >= 0.6 is 0 Å². The van der Waals surface area contributed by atoms with Gasteiger partial charge in [0.15, 0.2) is 0 Å². The number of hydrogen-bond donors (Lipinski definition) is 1. The normalized spacial score (nSPS) is 14.0. The predicted octanol–water partition coefficient (Wildman–Crippen LogP) is 3.95. The van der Waals surface area contributed by atoms with E-state index in [0.29, 0.717) is 30.8 Å². The number of fused-ring (bicyclic) bond motifs is 1. The van der Waals surface area contributed by atoms with Crippen molar-refractivity contribution in [3.8, 4) is 5.75 Å². The highest BCUT2D eigenvalue weighted by molar-refractivity contribution is 7.93. The molecule has 0 saturated heterocycles. The third kappa shape index (κ3) is 4.18. The quantitative estimate of drug-likeness (QED) is 0.587. The van der Waals surface area contributed by atoms with Crippen molar-refractivity contribution in [1.29, 1.82) is 0 Å². The molecule has 0 spiro atoms. The minimum absolute atomic E-state index is 0.0472. The van der Waals surface area contributed by atoms with Gasteiger partial charge in [0.05, 0.1) is 17.7 Å². The number of aryl methyl sites for hydroxylation is 2. The van der Waals surface area contributed by atoms with Crippen LogP contribution in [0.3, 0.4) is 0 Å². The Morgan fingerprint density at radius 3 is 2.41 bits per heavy atom. The Kier molecular flexibility index (Phi) is 5.87. The Bertz CT molecular complexity index is 1350. The summed E-state index contributed by atoms with van der Waals surface area (Å²) in [5, 5.41) is 0. The maximum atomic E-state index is 13.2. The van der Waals surface area contributed by atoms with Crippen molar-refractivity contribution in [3.63, 3.8) is 0 Å². The Morgan fingerprint density at radius 1 is 0.938 bits per heavy atom. The molecule has 1 aliphatic heterocycles. The zero-order chi connectivity index (χ0) is 22.9. The van der Waals surface area contributed by atoms with E-state index in [-0.39, 0.29) is 15.5 Å². The predicted molar refractivity (Wildman–Crippen MR) is 124 cm³/mol. The first-order chi connectivity index (χ1) is 15.2. The average Bonchev–Trinajstić information content (AvgIpc) is 2.78. The van der Waals surface area contributed by atoms with Gasteiger partial charge >= 0.3 is 0 Å². The van der Waals surface area contributed by atoms with Gasteiger partial charge in [-0.1, -0.05) is 24.3 Å². The standard InChI is InChI=1S/C23H24N2O5S2/c1-17-10-13-22(30-2)23(15-17)31(26,27)24-19-11-12-21-18(16-19)7-6-14-25(21)32(28,29)20-8-4-3-5-9-20/h3-5,8-13,15-16,24H,6-7,14H2,1-2H3. The zero-order valence-corrected chi connectivity index (χ0v) is 19.4. The van der Waals surface area contributed by atoms with Gasteiger partial charge in [-0.25, -0.2) is 16.8 Å². The lowest BCUT2D eigenvalue weighted by Gasteiger charge is -2.31. The van der Waals surface area contributed by atoms with E-state index >= 15 is 0 Å². The summed E-state index contributed by atoms with van der Waals surface area (Å²) >= 11 is 0. The Morgan fingerprint density at radius 2 is 1.69 bits per heavy atom. The molecule has 0 atom stereocenters. The Labute approximate surface area is 188 Å². The molecule has 32 heavy (non-hydrogen) atoms. The summed E-state index contributed by atoms with van der Waals surface area (Å²) in [6, 6.07) is 18.2. The van der Waals surface area contributed by atoms with Crippen molar-refractivity contribution in [3.05, 3.63) is 77.9 Å². The van der Waals surface area contributed by atoms with Crippen LogP contribution < -0.4 is 13.8 Å². The van der Waals surface area contributed by atoms with Crippen molar-refractivity contribution < 1.29 is 21.6 Å². The highest BCUT2D eigenvalue weighted by Crippen LogP contribution is 2.35. The van der Waals surface area contributed by atoms with E-state index in [0.717, 1.165) is 11.1 Å². The van der Waals surface area contributed by atoms with Gasteiger partial charge in [-0.15, -0.1) is 0 Å². The highest BCUT2D eigenvalue weighted by atomic mass is 32.2. The maximum absolute atomic E-state index is 13.2. The second kappa shape index (κ2) is 8.48. The summed E-state index contributed by atoms with van der Waals surface area (Å²) < 4.78 is 61.5. The molecule has 0 saturated carbocycles. The van der Waals surface area contributed by atoms with Gasteiger partial charge in [0.25, 0.3) is 20.0 Å². The fraction of sp³-hybridized carbons (Fsp3) is 0.217. The molecule has 0 radical (unpaired) electrons. The topological polar surface area (TPSA) is 92.8 Å². The van der Waals surface area contributed by atoms with Crippen molar-refractivity contribution in [2.24, 2.45) is 0 Å². The first-order valence-corrected chi connectivity index (χ1v) is 13.0. The number of sulfonamides is 2.